The number of rotatable bonds is 7. The Morgan fingerprint density at radius 2 is 2.17 bits per heavy atom. The average Bonchev–Trinajstić information content (AvgIpc) is 2.77. The van der Waals surface area contributed by atoms with Crippen molar-refractivity contribution in [1.29, 1.82) is 0 Å². The van der Waals surface area contributed by atoms with Crippen LogP contribution in [0, 0.1) is 11.8 Å². The summed E-state index contributed by atoms with van der Waals surface area (Å²) < 4.78 is 5.11. The van der Waals surface area contributed by atoms with Gasteiger partial charge >= 0.3 is 5.97 Å². The van der Waals surface area contributed by atoms with Crippen LogP contribution in [0.2, 0.25) is 0 Å². The molecule has 2 atom stereocenters. The molecule has 0 saturated carbocycles. The quantitative estimate of drug-likeness (QED) is 0.701. The number of carbonyl (C=O) groups excluding carboxylic acids is 1. The van der Waals surface area contributed by atoms with E-state index in [1.54, 1.807) is 0 Å². The first-order chi connectivity index (χ1) is 8.58. The van der Waals surface area contributed by atoms with E-state index >= 15 is 0 Å². The number of hydrogen-bond donors (Lipinski definition) is 1. The van der Waals surface area contributed by atoms with Crippen molar-refractivity contribution in [2.24, 2.45) is 11.8 Å². The summed E-state index contributed by atoms with van der Waals surface area (Å²) in [5.41, 5.74) is 0. The van der Waals surface area contributed by atoms with Crippen LogP contribution in [0.4, 0.5) is 0 Å². The van der Waals surface area contributed by atoms with Gasteiger partial charge in [0.15, 0.2) is 0 Å². The molecule has 0 spiro atoms. The first-order valence-corrected chi connectivity index (χ1v) is 7.20. The number of likely N-dealkylation sites (tertiary alicyclic amines) is 1. The lowest BCUT2D eigenvalue weighted by Crippen LogP contribution is -2.46. The first kappa shape index (κ1) is 15.4. The molecule has 1 aliphatic heterocycles. The van der Waals surface area contributed by atoms with Gasteiger partial charge in [-0.2, -0.15) is 0 Å². The summed E-state index contributed by atoms with van der Waals surface area (Å²) in [6.45, 7) is 12.7. The van der Waals surface area contributed by atoms with Crippen molar-refractivity contribution in [2.45, 2.75) is 40.2 Å². The van der Waals surface area contributed by atoms with Gasteiger partial charge in [0.05, 0.1) is 6.61 Å². The van der Waals surface area contributed by atoms with Gasteiger partial charge in [0.1, 0.15) is 6.04 Å². The van der Waals surface area contributed by atoms with Gasteiger partial charge in [-0.25, -0.2) is 0 Å². The number of likely N-dealkylation sites (N-methyl/N-ethyl adjacent to an activating group) is 1. The molecule has 4 nitrogen and oxygen atoms in total. The van der Waals surface area contributed by atoms with Crippen molar-refractivity contribution >= 4 is 5.97 Å². The van der Waals surface area contributed by atoms with E-state index in [4.69, 9.17) is 4.74 Å². The van der Waals surface area contributed by atoms with Crippen molar-refractivity contribution in [3.8, 4) is 0 Å². The average molecular weight is 256 g/mol. The SMILES string of the molecule is CCNC(CN1CCC(C(C)C)C1)C(=O)OCC. The molecule has 0 aliphatic carbocycles. The fourth-order valence-corrected chi connectivity index (χ4v) is 2.54. The Bertz CT molecular complexity index is 256. The second kappa shape index (κ2) is 7.74. The highest BCUT2D eigenvalue weighted by atomic mass is 16.5. The van der Waals surface area contributed by atoms with Crippen LogP contribution in [0.25, 0.3) is 0 Å². The van der Waals surface area contributed by atoms with E-state index in [0.717, 1.165) is 38.0 Å². The molecule has 1 rings (SSSR count). The van der Waals surface area contributed by atoms with Crippen molar-refractivity contribution in [1.82, 2.24) is 10.2 Å². The zero-order chi connectivity index (χ0) is 13.5. The van der Waals surface area contributed by atoms with Gasteiger partial charge in [0, 0.05) is 13.1 Å². The van der Waals surface area contributed by atoms with Gasteiger partial charge in [-0.15, -0.1) is 0 Å². The lowest BCUT2D eigenvalue weighted by molar-refractivity contribution is -0.146. The third-order valence-electron chi connectivity index (χ3n) is 3.71. The van der Waals surface area contributed by atoms with Gasteiger partial charge < -0.3 is 15.0 Å². The van der Waals surface area contributed by atoms with E-state index in [1.165, 1.54) is 6.42 Å². The van der Waals surface area contributed by atoms with Crippen molar-refractivity contribution in [3.05, 3.63) is 0 Å². The highest BCUT2D eigenvalue weighted by Gasteiger charge is 2.29. The first-order valence-electron chi connectivity index (χ1n) is 7.20. The Kier molecular flexibility index (Phi) is 6.65. The number of esters is 1. The van der Waals surface area contributed by atoms with Crippen molar-refractivity contribution in [2.75, 3.05) is 32.8 Å². The van der Waals surface area contributed by atoms with Gasteiger partial charge in [0.2, 0.25) is 0 Å². The number of nitrogens with zero attached hydrogens (tertiary/aromatic N) is 1. The molecule has 1 N–H and O–H groups in total. The molecule has 0 aromatic heterocycles. The third kappa shape index (κ3) is 4.58. The largest absolute Gasteiger partial charge is 0.465 e. The fourth-order valence-electron chi connectivity index (χ4n) is 2.54. The van der Waals surface area contributed by atoms with Crippen molar-refractivity contribution < 1.29 is 9.53 Å². The molecule has 2 unspecified atom stereocenters. The summed E-state index contributed by atoms with van der Waals surface area (Å²) in [5, 5.41) is 3.22. The van der Waals surface area contributed by atoms with Crippen LogP contribution in [0.15, 0.2) is 0 Å². The summed E-state index contributed by atoms with van der Waals surface area (Å²) in [6, 6.07) is -0.180. The summed E-state index contributed by atoms with van der Waals surface area (Å²) in [5.74, 6) is 1.39. The Morgan fingerprint density at radius 3 is 2.67 bits per heavy atom. The van der Waals surface area contributed by atoms with Crippen LogP contribution in [0.3, 0.4) is 0 Å². The molecule has 18 heavy (non-hydrogen) atoms. The molecule has 1 aliphatic rings. The van der Waals surface area contributed by atoms with E-state index < -0.39 is 0 Å². The van der Waals surface area contributed by atoms with Crippen LogP contribution in [-0.2, 0) is 9.53 Å². The van der Waals surface area contributed by atoms with Crippen LogP contribution in [0.1, 0.15) is 34.1 Å². The van der Waals surface area contributed by atoms with Gasteiger partial charge in [-0.05, 0) is 38.3 Å². The summed E-state index contributed by atoms with van der Waals surface area (Å²) in [7, 11) is 0. The van der Waals surface area contributed by atoms with E-state index in [9.17, 15) is 4.79 Å². The molecule has 0 aromatic rings. The molecule has 1 saturated heterocycles. The Labute approximate surface area is 111 Å². The molecule has 1 fully saturated rings. The third-order valence-corrected chi connectivity index (χ3v) is 3.71. The van der Waals surface area contributed by atoms with Crippen LogP contribution < -0.4 is 5.32 Å². The normalized spacial score (nSPS) is 22.4. The molecule has 0 amide bonds. The van der Waals surface area contributed by atoms with Crippen LogP contribution >= 0.6 is 0 Å². The van der Waals surface area contributed by atoms with E-state index in [1.807, 2.05) is 13.8 Å². The summed E-state index contributed by atoms with van der Waals surface area (Å²) in [6.07, 6.45) is 1.25. The second-order valence-electron chi connectivity index (χ2n) is 5.41. The van der Waals surface area contributed by atoms with Crippen LogP contribution in [0.5, 0.6) is 0 Å². The van der Waals surface area contributed by atoms with E-state index in [-0.39, 0.29) is 12.0 Å². The Morgan fingerprint density at radius 1 is 1.44 bits per heavy atom. The predicted octanol–water partition coefficient (Wildman–Crippen LogP) is 1.51. The van der Waals surface area contributed by atoms with Gasteiger partial charge in [-0.1, -0.05) is 20.8 Å². The van der Waals surface area contributed by atoms with Crippen molar-refractivity contribution in [3.63, 3.8) is 0 Å². The highest BCUT2D eigenvalue weighted by Crippen LogP contribution is 2.23. The molecular formula is C14H28N2O2. The zero-order valence-electron chi connectivity index (χ0n) is 12.2. The number of ether oxygens (including phenoxy) is 1. The maximum Gasteiger partial charge on any atom is 0.324 e. The van der Waals surface area contributed by atoms with Gasteiger partial charge in [-0.3, -0.25) is 4.79 Å². The minimum Gasteiger partial charge on any atom is -0.465 e. The standard InChI is InChI=1S/C14H28N2O2/c1-5-15-13(14(17)18-6-2)10-16-8-7-12(9-16)11(3)4/h11-13,15H,5-10H2,1-4H3. The lowest BCUT2D eigenvalue weighted by atomic mass is 9.95. The second-order valence-corrected chi connectivity index (χ2v) is 5.41. The molecular weight excluding hydrogens is 228 g/mol. The molecule has 0 radical (unpaired) electrons. The minimum absolute atomic E-state index is 0.118. The number of nitrogens with one attached hydrogen (secondary N) is 1. The topological polar surface area (TPSA) is 41.6 Å². The lowest BCUT2D eigenvalue weighted by Gasteiger charge is -2.23. The molecule has 0 aromatic carbocycles. The number of hydrogen-bond acceptors (Lipinski definition) is 4. The highest BCUT2D eigenvalue weighted by molar-refractivity contribution is 5.76. The fraction of sp³-hybridized carbons (Fsp3) is 0.929. The molecule has 0 bridgehead atoms. The van der Waals surface area contributed by atoms with E-state index in [2.05, 4.69) is 24.1 Å². The van der Waals surface area contributed by atoms with Crippen LogP contribution in [-0.4, -0.2) is 49.7 Å². The molecule has 1 heterocycles. The van der Waals surface area contributed by atoms with E-state index in [0.29, 0.717) is 6.61 Å². The zero-order valence-corrected chi connectivity index (χ0v) is 12.2. The minimum atomic E-state index is -0.180. The molecule has 4 heteroatoms. The Balaban J connectivity index is 2.44. The van der Waals surface area contributed by atoms with Gasteiger partial charge in [0.25, 0.3) is 0 Å². The maximum atomic E-state index is 11.8. The molecule has 106 valence electrons. The number of carbonyl (C=O) groups is 1. The smallest absolute Gasteiger partial charge is 0.324 e. The Hall–Kier alpha value is -0.610. The maximum absolute atomic E-state index is 11.8. The summed E-state index contributed by atoms with van der Waals surface area (Å²) in [4.78, 5) is 14.2. The summed E-state index contributed by atoms with van der Waals surface area (Å²) >= 11 is 0. The predicted molar refractivity (Wildman–Crippen MR) is 73.5 cm³/mol. The monoisotopic (exact) mass is 256 g/mol.